The van der Waals surface area contributed by atoms with E-state index in [0.29, 0.717) is 23.2 Å². The molecule has 0 saturated carbocycles. The van der Waals surface area contributed by atoms with Crippen LogP contribution in [-0.2, 0) is 6.54 Å². The van der Waals surface area contributed by atoms with Crippen molar-refractivity contribution in [2.75, 3.05) is 0 Å². The summed E-state index contributed by atoms with van der Waals surface area (Å²) in [6.07, 6.45) is 0. The lowest BCUT2D eigenvalue weighted by Gasteiger charge is -2.05. The van der Waals surface area contributed by atoms with Crippen molar-refractivity contribution in [2.45, 2.75) is 6.54 Å². The lowest BCUT2D eigenvalue weighted by Crippen LogP contribution is -2.00. The summed E-state index contributed by atoms with van der Waals surface area (Å²) in [5, 5.41) is 0.632. The third-order valence-corrected chi connectivity index (χ3v) is 2.24. The van der Waals surface area contributed by atoms with Crippen LogP contribution in [0.25, 0.3) is 0 Å². The summed E-state index contributed by atoms with van der Waals surface area (Å²) in [7, 11) is 0. The molecule has 0 aliphatic rings. The summed E-state index contributed by atoms with van der Waals surface area (Å²) >= 11 is 5.85. The average molecular weight is 235 g/mol. The fourth-order valence-corrected chi connectivity index (χ4v) is 1.46. The Morgan fingerprint density at radius 3 is 2.75 bits per heavy atom. The Bertz CT molecular complexity index is 488. The van der Waals surface area contributed by atoms with Crippen LogP contribution in [0.1, 0.15) is 5.69 Å². The molecule has 3 nitrogen and oxygen atoms in total. The molecule has 0 aliphatic heterocycles. The van der Waals surface area contributed by atoms with Crippen LogP contribution < -0.4 is 10.5 Å². The van der Waals surface area contributed by atoms with Gasteiger partial charge in [-0.25, -0.2) is 4.98 Å². The Morgan fingerprint density at radius 2 is 2.00 bits per heavy atom. The van der Waals surface area contributed by atoms with E-state index in [1.165, 1.54) is 0 Å². The number of halogens is 1. The first-order valence-electron chi connectivity index (χ1n) is 4.87. The summed E-state index contributed by atoms with van der Waals surface area (Å²) < 4.78 is 5.55. The van der Waals surface area contributed by atoms with E-state index >= 15 is 0 Å². The summed E-state index contributed by atoms with van der Waals surface area (Å²) in [5.74, 6) is 1.18. The quantitative estimate of drug-likeness (QED) is 0.888. The van der Waals surface area contributed by atoms with Gasteiger partial charge in [0.15, 0.2) is 0 Å². The number of nitrogens with two attached hydrogens (primary N) is 1. The Hall–Kier alpha value is -1.58. The second-order valence-electron chi connectivity index (χ2n) is 3.23. The smallest absolute Gasteiger partial charge is 0.219 e. The van der Waals surface area contributed by atoms with Gasteiger partial charge in [0.1, 0.15) is 5.75 Å². The van der Waals surface area contributed by atoms with Crippen molar-refractivity contribution in [1.29, 1.82) is 0 Å². The second kappa shape index (κ2) is 4.96. The molecular weight excluding hydrogens is 224 g/mol. The third kappa shape index (κ3) is 2.72. The minimum Gasteiger partial charge on any atom is -0.439 e. The molecule has 16 heavy (non-hydrogen) atoms. The highest BCUT2D eigenvalue weighted by Crippen LogP contribution is 2.22. The zero-order valence-electron chi connectivity index (χ0n) is 8.56. The van der Waals surface area contributed by atoms with Gasteiger partial charge in [-0.1, -0.05) is 23.7 Å². The summed E-state index contributed by atoms with van der Waals surface area (Å²) in [5.41, 5.74) is 6.29. The van der Waals surface area contributed by atoms with E-state index in [-0.39, 0.29) is 0 Å². The molecule has 2 aromatic rings. The number of rotatable bonds is 3. The van der Waals surface area contributed by atoms with Crippen LogP contribution in [0.3, 0.4) is 0 Å². The maximum Gasteiger partial charge on any atom is 0.219 e. The zero-order chi connectivity index (χ0) is 11.4. The maximum absolute atomic E-state index is 5.85. The molecule has 1 aromatic heterocycles. The van der Waals surface area contributed by atoms with Crippen LogP contribution in [-0.4, -0.2) is 4.98 Å². The molecule has 0 radical (unpaired) electrons. The topological polar surface area (TPSA) is 48.1 Å². The first-order valence-corrected chi connectivity index (χ1v) is 5.25. The van der Waals surface area contributed by atoms with Crippen LogP contribution in [0.5, 0.6) is 11.6 Å². The van der Waals surface area contributed by atoms with E-state index in [2.05, 4.69) is 4.98 Å². The molecule has 4 heteroatoms. The molecule has 0 aliphatic carbocycles. The molecule has 0 fully saturated rings. The molecule has 0 spiro atoms. The predicted octanol–water partition coefficient (Wildman–Crippen LogP) is 2.99. The van der Waals surface area contributed by atoms with E-state index in [1.54, 1.807) is 18.2 Å². The van der Waals surface area contributed by atoms with E-state index in [1.807, 2.05) is 24.3 Å². The lowest BCUT2D eigenvalue weighted by molar-refractivity contribution is 0.461. The highest BCUT2D eigenvalue weighted by atomic mass is 35.5. The molecule has 2 N–H and O–H groups in total. The fourth-order valence-electron chi connectivity index (χ4n) is 1.28. The van der Waals surface area contributed by atoms with Gasteiger partial charge in [0, 0.05) is 17.6 Å². The standard InChI is InChI=1S/C12H11ClN2O/c13-9-3-1-5-11(7-9)16-12-6-2-4-10(8-14)15-12/h1-7H,8,14H2. The summed E-state index contributed by atoms with van der Waals surface area (Å²) in [6.45, 7) is 0.396. The molecule has 2 rings (SSSR count). The van der Waals surface area contributed by atoms with Gasteiger partial charge in [0.2, 0.25) is 5.88 Å². The molecule has 0 unspecified atom stereocenters. The highest BCUT2D eigenvalue weighted by molar-refractivity contribution is 6.30. The van der Waals surface area contributed by atoms with Crippen LogP contribution in [0.4, 0.5) is 0 Å². The number of pyridine rings is 1. The first kappa shape index (κ1) is 10.9. The normalized spacial score (nSPS) is 10.1. The van der Waals surface area contributed by atoms with Gasteiger partial charge in [-0.15, -0.1) is 0 Å². The van der Waals surface area contributed by atoms with E-state index in [9.17, 15) is 0 Å². The van der Waals surface area contributed by atoms with E-state index in [0.717, 1.165) is 5.69 Å². The number of benzene rings is 1. The SMILES string of the molecule is NCc1cccc(Oc2cccc(Cl)c2)n1. The molecule has 82 valence electrons. The largest absolute Gasteiger partial charge is 0.439 e. The predicted molar refractivity (Wildman–Crippen MR) is 63.7 cm³/mol. The Morgan fingerprint density at radius 1 is 1.19 bits per heavy atom. The van der Waals surface area contributed by atoms with Crippen LogP contribution in [0.2, 0.25) is 5.02 Å². The van der Waals surface area contributed by atoms with E-state index in [4.69, 9.17) is 22.1 Å². The second-order valence-corrected chi connectivity index (χ2v) is 3.67. The zero-order valence-corrected chi connectivity index (χ0v) is 9.32. The van der Waals surface area contributed by atoms with Gasteiger partial charge in [-0.05, 0) is 24.3 Å². The van der Waals surface area contributed by atoms with Crippen molar-refractivity contribution in [3.8, 4) is 11.6 Å². The van der Waals surface area contributed by atoms with Crippen molar-refractivity contribution in [3.05, 3.63) is 53.2 Å². The Kier molecular flexibility index (Phi) is 3.39. The third-order valence-electron chi connectivity index (χ3n) is 2.01. The van der Waals surface area contributed by atoms with Crippen LogP contribution >= 0.6 is 11.6 Å². The van der Waals surface area contributed by atoms with Gasteiger partial charge in [0.05, 0.1) is 5.69 Å². The molecule has 1 heterocycles. The average Bonchev–Trinajstić information content (AvgIpc) is 2.29. The van der Waals surface area contributed by atoms with Gasteiger partial charge in [-0.3, -0.25) is 0 Å². The number of nitrogens with zero attached hydrogens (tertiary/aromatic N) is 1. The summed E-state index contributed by atoms with van der Waals surface area (Å²) in [4.78, 5) is 4.23. The van der Waals surface area contributed by atoms with Crippen LogP contribution in [0.15, 0.2) is 42.5 Å². The molecule has 0 atom stereocenters. The van der Waals surface area contributed by atoms with Crippen molar-refractivity contribution >= 4 is 11.6 Å². The monoisotopic (exact) mass is 234 g/mol. The molecule has 0 bridgehead atoms. The Balaban J connectivity index is 2.20. The van der Waals surface area contributed by atoms with Crippen molar-refractivity contribution in [3.63, 3.8) is 0 Å². The maximum atomic E-state index is 5.85. The number of ether oxygens (including phenoxy) is 1. The molecule has 0 amide bonds. The lowest BCUT2D eigenvalue weighted by atomic mass is 10.3. The minimum absolute atomic E-state index is 0.396. The van der Waals surface area contributed by atoms with Crippen molar-refractivity contribution in [1.82, 2.24) is 4.98 Å². The van der Waals surface area contributed by atoms with Crippen LogP contribution in [0, 0.1) is 0 Å². The molecule has 1 aromatic carbocycles. The highest BCUT2D eigenvalue weighted by Gasteiger charge is 2.00. The number of aromatic nitrogens is 1. The van der Waals surface area contributed by atoms with Gasteiger partial charge < -0.3 is 10.5 Å². The Labute approximate surface area is 98.8 Å². The van der Waals surface area contributed by atoms with Gasteiger partial charge in [-0.2, -0.15) is 0 Å². The van der Waals surface area contributed by atoms with Crippen molar-refractivity contribution < 1.29 is 4.74 Å². The fraction of sp³-hybridized carbons (Fsp3) is 0.0833. The van der Waals surface area contributed by atoms with Crippen molar-refractivity contribution in [2.24, 2.45) is 5.73 Å². The molecular formula is C12H11ClN2O. The van der Waals surface area contributed by atoms with E-state index < -0.39 is 0 Å². The minimum atomic E-state index is 0.396. The first-order chi connectivity index (χ1) is 7.78. The number of hydrogen-bond acceptors (Lipinski definition) is 3. The van der Waals surface area contributed by atoms with Gasteiger partial charge >= 0.3 is 0 Å². The molecule has 0 saturated heterocycles. The summed E-state index contributed by atoms with van der Waals surface area (Å²) in [6, 6.07) is 12.7. The van der Waals surface area contributed by atoms with Gasteiger partial charge in [0.25, 0.3) is 0 Å². The number of hydrogen-bond donors (Lipinski definition) is 1.